The first-order chi connectivity index (χ1) is 14.0. The molecule has 2 aromatic rings. The van der Waals surface area contributed by atoms with Crippen molar-refractivity contribution in [2.24, 2.45) is 4.99 Å². The summed E-state index contributed by atoms with van der Waals surface area (Å²) < 4.78 is 5.35. The molecule has 2 aliphatic heterocycles. The van der Waals surface area contributed by atoms with Crippen molar-refractivity contribution in [2.45, 2.75) is 11.8 Å². The Bertz CT molecular complexity index is 1040. The summed E-state index contributed by atoms with van der Waals surface area (Å²) >= 11 is 3.01. The van der Waals surface area contributed by atoms with Crippen molar-refractivity contribution in [3.8, 4) is 5.75 Å². The topological polar surface area (TPSA) is 45.1 Å². The number of thioether (sulfide) groups is 2. The van der Waals surface area contributed by atoms with Gasteiger partial charge in [-0.25, -0.2) is 4.99 Å². The van der Waals surface area contributed by atoms with Crippen LogP contribution in [-0.4, -0.2) is 36.7 Å². The van der Waals surface area contributed by atoms with Crippen LogP contribution in [0.1, 0.15) is 5.56 Å². The van der Waals surface area contributed by atoms with Crippen molar-refractivity contribution >= 4 is 46.0 Å². The molecule has 0 bridgehead atoms. The van der Waals surface area contributed by atoms with E-state index >= 15 is 0 Å². The second-order valence-electron chi connectivity index (χ2n) is 6.67. The molecule has 0 saturated carbocycles. The van der Waals surface area contributed by atoms with Crippen molar-refractivity contribution in [2.75, 3.05) is 25.6 Å². The average Bonchev–Trinajstić information content (AvgIpc) is 3.21. The minimum atomic E-state index is -0.0464. The molecule has 2 heterocycles. The van der Waals surface area contributed by atoms with Gasteiger partial charge in [-0.05, 0) is 43.0 Å². The van der Waals surface area contributed by atoms with Crippen LogP contribution in [0.15, 0.2) is 74.9 Å². The van der Waals surface area contributed by atoms with E-state index in [9.17, 15) is 4.79 Å². The van der Waals surface area contributed by atoms with Gasteiger partial charge in [0.2, 0.25) is 0 Å². The Morgan fingerprint density at radius 2 is 1.93 bits per heavy atom. The van der Waals surface area contributed by atoms with Crippen LogP contribution in [0.25, 0.3) is 0 Å². The van der Waals surface area contributed by atoms with Crippen LogP contribution in [0.2, 0.25) is 0 Å². The predicted molar refractivity (Wildman–Crippen MR) is 122 cm³/mol. The van der Waals surface area contributed by atoms with Crippen LogP contribution < -0.4 is 9.64 Å². The van der Waals surface area contributed by atoms with Gasteiger partial charge in [-0.2, -0.15) is 0 Å². The van der Waals surface area contributed by atoms with Crippen LogP contribution in [0.3, 0.4) is 0 Å². The van der Waals surface area contributed by atoms with Crippen LogP contribution in [0.5, 0.6) is 5.75 Å². The number of carbonyl (C=O) groups is 1. The third kappa shape index (κ3) is 3.68. The molecule has 7 heteroatoms. The molecule has 4 rings (SSSR count). The number of nitrogens with zero attached hydrogens (tertiary/aromatic N) is 3. The molecule has 2 aliphatic rings. The molecule has 5 nitrogen and oxygen atoms in total. The van der Waals surface area contributed by atoms with E-state index in [0.717, 1.165) is 27.0 Å². The number of hydrogen-bond acceptors (Lipinski definition) is 6. The monoisotopic (exact) mass is 423 g/mol. The molecule has 1 saturated heterocycles. The molecule has 0 unspecified atom stereocenters. The summed E-state index contributed by atoms with van der Waals surface area (Å²) in [7, 11) is 3.63. The number of benzene rings is 2. The molecule has 29 heavy (non-hydrogen) atoms. The lowest BCUT2D eigenvalue weighted by molar-refractivity contribution is -0.121. The molecule has 1 fully saturated rings. The first-order valence-electron chi connectivity index (χ1n) is 9.11. The van der Waals surface area contributed by atoms with Crippen molar-refractivity contribution < 1.29 is 9.53 Å². The molecule has 148 valence electrons. The van der Waals surface area contributed by atoms with Crippen LogP contribution in [0, 0.1) is 6.92 Å². The highest BCUT2D eigenvalue weighted by Crippen LogP contribution is 2.51. The Morgan fingerprint density at radius 1 is 1.17 bits per heavy atom. The van der Waals surface area contributed by atoms with E-state index in [1.54, 1.807) is 29.8 Å². The van der Waals surface area contributed by atoms with E-state index in [0.29, 0.717) is 16.6 Å². The SMILES string of the molecule is C=CCN1C(=O)/C(=C2/Sc3ccc(OC)cc3N2C)SC1=Nc1ccc(C)cc1. The summed E-state index contributed by atoms with van der Waals surface area (Å²) in [5.74, 6) is 0.748. The van der Waals surface area contributed by atoms with E-state index < -0.39 is 0 Å². The number of carbonyl (C=O) groups excluding carboxylic acids is 1. The molecule has 0 N–H and O–H groups in total. The second kappa shape index (κ2) is 8.00. The molecule has 2 aromatic carbocycles. The number of fused-ring (bicyclic) bond motifs is 1. The highest BCUT2D eigenvalue weighted by atomic mass is 32.2. The first-order valence-corrected chi connectivity index (χ1v) is 10.7. The Kier molecular flexibility index (Phi) is 5.43. The maximum atomic E-state index is 13.2. The number of rotatable bonds is 4. The Balaban J connectivity index is 1.72. The number of aryl methyl sites for hydroxylation is 1. The summed E-state index contributed by atoms with van der Waals surface area (Å²) in [6, 6.07) is 13.9. The van der Waals surface area contributed by atoms with Gasteiger partial charge in [0.25, 0.3) is 5.91 Å². The van der Waals surface area contributed by atoms with E-state index in [1.807, 2.05) is 61.3 Å². The lowest BCUT2D eigenvalue weighted by Crippen LogP contribution is -2.29. The minimum Gasteiger partial charge on any atom is -0.497 e. The van der Waals surface area contributed by atoms with Gasteiger partial charge in [-0.1, -0.05) is 35.5 Å². The third-order valence-corrected chi connectivity index (χ3v) is 7.10. The molecule has 0 aromatic heterocycles. The minimum absolute atomic E-state index is 0.0464. The van der Waals surface area contributed by atoms with Crippen LogP contribution in [-0.2, 0) is 4.79 Å². The summed E-state index contributed by atoms with van der Waals surface area (Å²) in [6.07, 6.45) is 1.72. The molecule has 0 aliphatic carbocycles. The average molecular weight is 424 g/mol. The van der Waals surface area contributed by atoms with Gasteiger partial charge in [0.15, 0.2) is 5.17 Å². The van der Waals surface area contributed by atoms with Gasteiger partial charge in [-0.15, -0.1) is 6.58 Å². The number of amidine groups is 1. The fourth-order valence-corrected chi connectivity index (χ4v) is 5.42. The van der Waals surface area contributed by atoms with Crippen molar-refractivity contribution in [1.82, 2.24) is 4.90 Å². The summed E-state index contributed by atoms with van der Waals surface area (Å²) in [4.78, 5) is 23.4. The zero-order valence-corrected chi connectivity index (χ0v) is 18.1. The van der Waals surface area contributed by atoms with Gasteiger partial charge >= 0.3 is 0 Å². The van der Waals surface area contributed by atoms with E-state index in [1.165, 1.54) is 17.3 Å². The normalized spacial score (nSPS) is 19.8. The van der Waals surface area contributed by atoms with Crippen LogP contribution >= 0.6 is 23.5 Å². The quantitative estimate of drug-likeness (QED) is 0.502. The zero-order valence-electron chi connectivity index (χ0n) is 16.5. The second-order valence-corrected chi connectivity index (χ2v) is 8.67. The number of ether oxygens (including phenoxy) is 1. The summed E-state index contributed by atoms with van der Waals surface area (Å²) in [5.41, 5.74) is 3.03. The standard InChI is InChI=1S/C22H21N3O2S2/c1-5-12-25-20(26)19(29-22(25)23-15-8-6-14(2)7-9-15)21-24(3)17-13-16(27-4)10-11-18(17)28-21/h5-11,13H,1,12H2,2-4H3/b21-19-,23-22?. The van der Waals surface area contributed by atoms with Gasteiger partial charge < -0.3 is 9.64 Å². The van der Waals surface area contributed by atoms with Gasteiger partial charge in [0.1, 0.15) is 10.7 Å². The smallest absolute Gasteiger partial charge is 0.269 e. The first kappa shape index (κ1) is 19.7. The molecular weight excluding hydrogens is 402 g/mol. The number of anilines is 1. The summed E-state index contributed by atoms with van der Waals surface area (Å²) in [5, 5.41) is 1.58. The van der Waals surface area contributed by atoms with Gasteiger partial charge in [-0.3, -0.25) is 9.69 Å². The van der Waals surface area contributed by atoms with Crippen molar-refractivity contribution in [3.63, 3.8) is 0 Å². The molecule has 0 atom stereocenters. The number of hydrogen-bond donors (Lipinski definition) is 0. The predicted octanol–water partition coefficient (Wildman–Crippen LogP) is 5.16. The largest absolute Gasteiger partial charge is 0.497 e. The van der Waals surface area contributed by atoms with Crippen molar-refractivity contribution in [1.29, 1.82) is 0 Å². The van der Waals surface area contributed by atoms with Gasteiger partial charge in [0.05, 0.1) is 23.5 Å². The lowest BCUT2D eigenvalue weighted by atomic mass is 10.2. The molecule has 0 radical (unpaired) electrons. The van der Waals surface area contributed by atoms with E-state index in [2.05, 4.69) is 6.58 Å². The fraction of sp³-hybridized carbons (Fsp3) is 0.182. The Hall–Kier alpha value is -2.64. The fourth-order valence-electron chi connectivity index (χ4n) is 3.09. The van der Waals surface area contributed by atoms with Gasteiger partial charge in [0, 0.05) is 24.6 Å². The zero-order chi connectivity index (χ0) is 20.5. The Labute approximate surface area is 179 Å². The maximum Gasteiger partial charge on any atom is 0.269 e. The Morgan fingerprint density at radius 3 is 2.62 bits per heavy atom. The van der Waals surface area contributed by atoms with E-state index in [-0.39, 0.29) is 5.91 Å². The molecule has 0 spiro atoms. The number of aliphatic imine (C=N–C) groups is 1. The highest BCUT2D eigenvalue weighted by Gasteiger charge is 2.38. The molecule has 1 amide bonds. The summed E-state index contributed by atoms with van der Waals surface area (Å²) in [6.45, 7) is 6.25. The number of methoxy groups -OCH3 is 1. The lowest BCUT2D eigenvalue weighted by Gasteiger charge is -2.15. The molecular formula is C22H21N3O2S2. The number of amides is 1. The maximum absolute atomic E-state index is 13.2. The van der Waals surface area contributed by atoms with Crippen molar-refractivity contribution in [3.05, 3.63) is 70.6 Å². The highest BCUT2D eigenvalue weighted by molar-refractivity contribution is 8.19. The van der Waals surface area contributed by atoms with Crippen LogP contribution in [0.4, 0.5) is 11.4 Å². The third-order valence-electron chi connectivity index (χ3n) is 4.67. The van der Waals surface area contributed by atoms with E-state index in [4.69, 9.17) is 9.73 Å².